The summed E-state index contributed by atoms with van der Waals surface area (Å²) in [4.78, 5) is 21.5. The maximum absolute atomic E-state index is 12.6. The van der Waals surface area contributed by atoms with Gasteiger partial charge in [0.25, 0.3) is 0 Å². The lowest BCUT2D eigenvalue weighted by molar-refractivity contribution is -0.140. The zero-order chi connectivity index (χ0) is 20.2. The summed E-state index contributed by atoms with van der Waals surface area (Å²) in [5.41, 5.74) is -1.45. The Hall–Kier alpha value is -2.04. The van der Waals surface area contributed by atoms with Gasteiger partial charge < -0.3 is 20.3 Å². The molecule has 0 aromatic carbocycles. The first kappa shape index (κ1) is 21.3. The number of thiazole rings is 1. The SMILES string of the molecule is CN=C(NCc1nc(C(F)(F)F)cs1)N1CCC(NC(=O)OC(C)(C)C)C1. The smallest absolute Gasteiger partial charge is 0.434 e. The van der Waals surface area contributed by atoms with Crippen molar-refractivity contribution in [2.45, 2.75) is 51.6 Å². The molecular weight excluding hydrogens is 383 g/mol. The van der Waals surface area contributed by atoms with E-state index in [4.69, 9.17) is 4.74 Å². The van der Waals surface area contributed by atoms with Gasteiger partial charge in [0.1, 0.15) is 10.6 Å². The Bertz CT molecular complexity index is 684. The Kier molecular flexibility index (Phi) is 6.55. The van der Waals surface area contributed by atoms with Crippen molar-refractivity contribution in [3.63, 3.8) is 0 Å². The molecule has 1 atom stereocenters. The summed E-state index contributed by atoms with van der Waals surface area (Å²) in [6.45, 7) is 6.72. The van der Waals surface area contributed by atoms with Crippen molar-refractivity contribution in [3.05, 3.63) is 16.1 Å². The van der Waals surface area contributed by atoms with E-state index in [2.05, 4.69) is 20.6 Å². The zero-order valence-corrected chi connectivity index (χ0v) is 16.5. The molecule has 152 valence electrons. The molecule has 1 aliphatic heterocycles. The molecule has 1 aliphatic rings. The number of ether oxygens (including phenoxy) is 1. The monoisotopic (exact) mass is 407 g/mol. The Balaban J connectivity index is 1.84. The predicted octanol–water partition coefficient (Wildman–Crippen LogP) is 2.84. The molecule has 1 saturated heterocycles. The van der Waals surface area contributed by atoms with Crippen molar-refractivity contribution in [2.24, 2.45) is 4.99 Å². The number of aromatic nitrogens is 1. The average molecular weight is 407 g/mol. The second-order valence-corrected chi connectivity index (χ2v) is 8.05. The van der Waals surface area contributed by atoms with Crippen LogP contribution in [0.3, 0.4) is 0 Å². The van der Waals surface area contributed by atoms with Crippen molar-refractivity contribution in [1.29, 1.82) is 0 Å². The molecular formula is C16H24F3N5O2S. The number of alkyl halides is 3. The fourth-order valence-electron chi connectivity index (χ4n) is 2.55. The molecule has 1 aromatic heterocycles. The van der Waals surface area contributed by atoms with Crippen LogP contribution in [-0.2, 0) is 17.5 Å². The van der Waals surface area contributed by atoms with Crippen LogP contribution >= 0.6 is 11.3 Å². The lowest BCUT2D eigenvalue weighted by Gasteiger charge is -2.23. The quantitative estimate of drug-likeness (QED) is 0.595. The Morgan fingerprint density at radius 1 is 1.44 bits per heavy atom. The normalized spacial score (nSPS) is 18.6. The molecule has 2 rings (SSSR count). The number of hydrogen-bond acceptors (Lipinski definition) is 5. The third kappa shape index (κ3) is 6.56. The molecule has 0 saturated carbocycles. The van der Waals surface area contributed by atoms with E-state index in [1.807, 2.05) is 4.90 Å². The predicted molar refractivity (Wildman–Crippen MR) is 96.7 cm³/mol. The number of nitrogens with zero attached hydrogens (tertiary/aromatic N) is 3. The molecule has 11 heteroatoms. The number of aliphatic imine (C=N–C) groups is 1. The van der Waals surface area contributed by atoms with Crippen molar-refractivity contribution in [1.82, 2.24) is 20.5 Å². The number of amides is 1. The van der Waals surface area contributed by atoms with Gasteiger partial charge in [-0.1, -0.05) is 0 Å². The molecule has 1 amide bonds. The summed E-state index contributed by atoms with van der Waals surface area (Å²) in [7, 11) is 1.60. The number of carbonyl (C=O) groups excluding carboxylic acids is 1. The first-order chi connectivity index (χ1) is 12.5. The van der Waals surface area contributed by atoms with E-state index >= 15 is 0 Å². The molecule has 0 bridgehead atoms. The standard InChI is InChI=1S/C16H24F3N5O2S/c1-15(2,3)26-14(25)22-10-5-6-24(8-10)13(20-4)21-7-12-23-11(9-27-12)16(17,18)19/h9-10H,5-8H2,1-4H3,(H,20,21)(H,22,25). The van der Waals surface area contributed by atoms with Gasteiger partial charge >= 0.3 is 12.3 Å². The number of nitrogens with one attached hydrogen (secondary N) is 2. The topological polar surface area (TPSA) is 78.9 Å². The van der Waals surface area contributed by atoms with Gasteiger partial charge in [0.2, 0.25) is 0 Å². The van der Waals surface area contributed by atoms with E-state index in [-0.39, 0.29) is 12.6 Å². The average Bonchev–Trinajstić information content (AvgIpc) is 3.15. The number of rotatable bonds is 3. The van der Waals surface area contributed by atoms with Crippen molar-refractivity contribution >= 4 is 23.4 Å². The number of carbonyl (C=O) groups is 1. The molecule has 1 unspecified atom stereocenters. The highest BCUT2D eigenvalue weighted by Crippen LogP contribution is 2.29. The number of alkyl carbamates (subject to hydrolysis) is 1. The second kappa shape index (κ2) is 8.32. The maximum Gasteiger partial charge on any atom is 0.434 e. The molecule has 7 nitrogen and oxygen atoms in total. The van der Waals surface area contributed by atoms with Crippen molar-refractivity contribution in [2.75, 3.05) is 20.1 Å². The maximum atomic E-state index is 12.6. The summed E-state index contributed by atoms with van der Waals surface area (Å²) in [5.74, 6) is 0.548. The highest BCUT2D eigenvalue weighted by Gasteiger charge is 2.34. The fraction of sp³-hybridized carbons (Fsp3) is 0.688. The van der Waals surface area contributed by atoms with Crippen molar-refractivity contribution in [3.8, 4) is 0 Å². The van der Waals surface area contributed by atoms with E-state index in [1.54, 1.807) is 27.8 Å². The van der Waals surface area contributed by atoms with E-state index in [1.165, 1.54) is 0 Å². The molecule has 0 radical (unpaired) electrons. The van der Waals surface area contributed by atoms with Gasteiger partial charge in [0.05, 0.1) is 12.6 Å². The van der Waals surface area contributed by atoms with Crippen LogP contribution in [0.5, 0.6) is 0 Å². The van der Waals surface area contributed by atoms with E-state index < -0.39 is 23.6 Å². The largest absolute Gasteiger partial charge is 0.444 e. The first-order valence-electron chi connectivity index (χ1n) is 8.44. The highest BCUT2D eigenvalue weighted by molar-refractivity contribution is 7.09. The zero-order valence-electron chi connectivity index (χ0n) is 15.7. The molecule has 0 aliphatic carbocycles. The molecule has 27 heavy (non-hydrogen) atoms. The molecule has 2 heterocycles. The molecule has 0 spiro atoms. The van der Waals surface area contributed by atoms with Gasteiger partial charge in [-0.05, 0) is 27.2 Å². The minimum Gasteiger partial charge on any atom is -0.444 e. The lowest BCUT2D eigenvalue weighted by Crippen LogP contribution is -2.44. The van der Waals surface area contributed by atoms with Gasteiger partial charge in [-0.3, -0.25) is 4.99 Å². The van der Waals surface area contributed by atoms with E-state index in [0.29, 0.717) is 24.1 Å². The van der Waals surface area contributed by atoms with Gasteiger partial charge in [-0.25, -0.2) is 9.78 Å². The van der Waals surface area contributed by atoms with Crippen LogP contribution in [0.2, 0.25) is 0 Å². The Morgan fingerprint density at radius 2 is 2.15 bits per heavy atom. The summed E-state index contributed by atoms with van der Waals surface area (Å²) >= 11 is 0.945. The van der Waals surface area contributed by atoms with Crippen LogP contribution in [0.4, 0.5) is 18.0 Å². The Labute approximate surface area is 160 Å². The van der Waals surface area contributed by atoms with Gasteiger partial charge in [0, 0.05) is 25.5 Å². The number of hydrogen-bond donors (Lipinski definition) is 2. The summed E-state index contributed by atoms with van der Waals surface area (Å²) in [5, 5.41) is 7.16. The Morgan fingerprint density at radius 3 is 2.70 bits per heavy atom. The van der Waals surface area contributed by atoms with Crippen LogP contribution in [0, 0.1) is 0 Å². The van der Waals surface area contributed by atoms with E-state index in [0.717, 1.165) is 23.1 Å². The van der Waals surface area contributed by atoms with Crippen LogP contribution in [0.25, 0.3) is 0 Å². The van der Waals surface area contributed by atoms with Gasteiger partial charge in [-0.2, -0.15) is 13.2 Å². The second-order valence-electron chi connectivity index (χ2n) is 7.10. The number of halogens is 3. The van der Waals surface area contributed by atoms with E-state index in [9.17, 15) is 18.0 Å². The lowest BCUT2D eigenvalue weighted by atomic mass is 10.2. The highest BCUT2D eigenvalue weighted by atomic mass is 32.1. The minimum atomic E-state index is -4.44. The van der Waals surface area contributed by atoms with Gasteiger partial charge in [0.15, 0.2) is 11.7 Å². The molecule has 1 aromatic rings. The molecule has 2 N–H and O–H groups in total. The fourth-order valence-corrected chi connectivity index (χ4v) is 3.29. The van der Waals surface area contributed by atoms with Crippen LogP contribution < -0.4 is 10.6 Å². The third-order valence-corrected chi connectivity index (χ3v) is 4.51. The van der Waals surface area contributed by atoms with Crippen LogP contribution in [0.1, 0.15) is 37.9 Å². The van der Waals surface area contributed by atoms with Gasteiger partial charge in [-0.15, -0.1) is 11.3 Å². The van der Waals surface area contributed by atoms with Crippen molar-refractivity contribution < 1.29 is 22.7 Å². The third-order valence-electron chi connectivity index (χ3n) is 3.66. The first-order valence-corrected chi connectivity index (χ1v) is 9.32. The molecule has 1 fully saturated rings. The summed E-state index contributed by atoms with van der Waals surface area (Å²) in [6.07, 6.45) is -4.19. The minimum absolute atomic E-state index is 0.0879. The summed E-state index contributed by atoms with van der Waals surface area (Å²) < 4.78 is 43.1. The summed E-state index contributed by atoms with van der Waals surface area (Å²) in [6, 6.07) is -0.0879. The number of guanidine groups is 1. The van der Waals surface area contributed by atoms with Crippen LogP contribution in [-0.4, -0.2) is 53.7 Å². The number of likely N-dealkylation sites (tertiary alicyclic amines) is 1. The van der Waals surface area contributed by atoms with Crippen LogP contribution in [0.15, 0.2) is 10.4 Å².